The maximum Gasteiger partial charge on any atom is 0.0661 e. The van der Waals surface area contributed by atoms with Gasteiger partial charge in [0.15, 0.2) is 0 Å². The zero-order valence-corrected chi connectivity index (χ0v) is 11.9. The molecule has 18 heavy (non-hydrogen) atoms. The molecule has 2 N–H and O–H groups in total. The molecular formula is C15H22ClNO. The van der Waals surface area contributed by atoms with Gasteiger partial charge in [0.1, 0.15) is 0 Å². The van der Waals surface area contributed by atoms with Crippen molar-refractivity contribution in [3.63, 3.8) is 0 Å². The largest absolute Gasteiger partial charge is 0.394 e. The van der Waals surface area contributed by atoms with Crippen molar-refractivity contribution in [3.05, 3.63) is 29.3 Å². The first-order valence-corrected chi connectivity index (χ1v) is 7.07. The summed E-state index contributed by atoms with van der Waals surface area (Å²) in [7, 11) is 0. The Bertz CT molecular complexity index is 392. The van der Waals surface area contributed by atoms with Crippen LogP contribution in [0.2, 0.25) is 5.02 Å². The Morgan fingerprint density at radius 3 is 2.50 bits per heavy atom. The normalized spacial score (nSPS) is 32.2. The average Bonchev–Trinajstić information content (AvgIpc) is 2.37. The molecule has 0 amide bonds. The molecule has 0 spiro atoms. The third kappa shape index (κ3) is 2.99. The highest BCUT2D eigenvalue weighted by molar-refractivity contribution is 6.30. The lowest BCUT2D eigenvalue weighted by molar-refractivity contribution is 0.121. The maximum absolute atomic E-state index is 9.77. The van der Waals surface area contributed by atoms with Crippen molar-refractivity contribution >= 4 is 17.3 Å². The third-order valence-electron chi connectivity index (χ3n) is 4.32. The highest BCUT2D eigenvalue weighted by Crippen LogP contribution is 2.38. The van der Waals surface area contributed by atoms with Gasteiger partial charge in [0.2, 0.25) is 0 Å². The molecule has 0 aliphatic heterocycles. The Balaban J connectivity index is 2.11. The van der Waals surface area contributed by atoms with E-state index in [1.165, 1.54) is 6.42 Å². The minimum atomic E-state index is -0.167. The maximum atomic E-state index is 9.77. The van der Waals surface area contributed by atoms with Gasteiger partial charge in [0.25, 0.3) is 0 Å². The lowest BCUT2D eigenvalue weighted by Crippen LogP contribution is -2.47. The van der Waals surface area contributed by atoms with Crippen LogP contribution in [0.5, 0.6) is 0 Å². The molecule has 1 fully saturated rings. The van der Waals surface area contributed by atoms with Crippen molar-refractivity contribution in [3.8, 4) is 0 Å². The summed E-state index contributed by atoms with van der Waals surface area (Å²) >= 11 is 5.89. The van der Waals surface area contributed by atoms with Crippen LogP contribution in [-0.4, -0.2) is 17.3 Å². The first-order valence-electron chi connectivity index (χ1n) is 6.69. The molecule has 0 radical (unpaired) electrons. The molecule has 3 heteroatoms. The quantitative estimate of drug-likeness (QED) is 0.869. The summed E-state index contributed by atoms with van der Waals surface area (Å²) in [5.41, 5.74) is 0.870. The first-order chi connectivity index (χ1) is 8.54. The number of hydrogen-bond donors (Lipinski definition) is 2. The Kier molecular flexibility index (Phi) is 4.18. The van der Waals surface area contributed by atoms with Gasteiger partial charge < -0.3 is 10.4 Å². The van der Waals surface area contributed by atoms with Gasteiger partial charge in [0.05, 0.1) is 12.1 Å². The summed E-state index contributed by atoms with van der Waals surface area (Å²) in [4.78, 5) is 0. The number of nitrogens with one attached hydrogen (secondary N) is 1. The fourth-order valence-electron chi connectivity index (χ4n) is 2.84. The highest BCUT2D eigenvalue weighted by atomic mass is 35.5. The van der Waals surface area contributed by atoms with Crippen LogP contribution in [-0.2, 0) is 0 Å². The van der Waals surface area contributed by atoms with E-state index in [2.05, 4.69) is 19.2 Å². The molecule has 3 atom stereocenters. The molecule has 1 aromatic carbocycles. The van der Waals surface area contributed by atoms with E-state index in [-0.39, 0.29) is 12.1 Å². The monoisotopic (exact) mass is 267 g/mol. The predicted molar refractivity (Wildman–Crippen MR) is 77.1 cm³/mol. The van der Waals surface area contributed by atoms with E-state index in [1.807, 2.05) is 24.3 Å². The van der Waals surface area contributed by atoms with Crippen LogP contribution in [0.1, 0.15) is 33.1 Å². The minimum Gasteiger partial charge on any atom is -0.394 e. The van der Waals surface area contributed by atoms with E-state index >= 15 is 0 Å². The van der Waals surface area contributed by atoms with Gasteiger partial charge in [-0.1, -0.05) is 25.4 Å². The van der Waals surface area contributed by atoms with Gasteiger partial charge in [0, 0.05) is 10.7 Å². The van der Waals surface area contributed by atoms with Gasteiger partial charge in [-0.2, -0.15) is 0 Å². The Morgan fingerprint density at radius 2 is 1.94 bits per heavy atom. The second kappa shape index (κ2) is 5.50. The van der Waals surface area contributed by atoms with E-state index in [1.54, 1.807) is 0 Å². The predicted octanol–water partition coefficient (Wildman–Crippen LogP) is 3.94. The molecule has 3 unspecified atom stereocenters. The number of anilines is 1. The van der Waals surface area contributed by atoms with Gasteiger partial charge >= 0.3 is 0 Å². The molecule has 1 saturated carbocycles. The number of rotatable bonds is 3. The van der Waals surface area contributed by atoms with Crippen molar-refractivity contribution < 1.29 is 5.11 Å². The zero-order valence-electron chi connectivity index (χ0n) is 11.1. The van der Waals surface area contributed by atoms with E-state index in [0.29, 0.717) is 5.92 Å². The lowest BCUT2D eigenvalue weighted by Gasteiger charge is -2.43. The topological polar surface area (TPSA) is 32.3 Å². The Morgan fingerprint density at radius 1 is 1.28 bits per heavy atom. The molecule has 1 aromatic rings. The molecule has 100 valence electrons. The van der Waals surface area contributed by atoms with Crippen LogP contribution in [0.4, 0.5) is 5.69 Å². The number of aliphatic hydroxyl groups is 1. The van der Waals surface area contributed by atoms with Crippen LogP contribution in [0, 0.1) is 11.8 Å². The summed E-state index contributed by atoms with van der Waals surface area (Å²) in [5.74, 6) is 1.39. The van der Waals surface area contributed by atoms with Crippen molar-refractivity contribution in [2.24, 2.45) is 11.8 Å². The molecule has 2 rings (SSSR count). The zero-order chi connectivity index (χ0) is 13.2. The molecule has 0 aromatic heterocycles. The molecule has 1 aliphatic carbocycles. The summed E-state index contributed by atoms with van der Waals surface area (Å²) < 4.78 is 0. The SMILES string of the molecule is CC1CCC(CO)(Nc2ccc(Cl)cc2)CC1C. The van der Waals surface area contributed by atoms with Crippen molar-refractivity contribution in [2.75, 3.05) is 11.9 Å². The van der Waals surface area contributed by atoms with Crippen LogP contribution < -0.4 is 5.32 Å². The third-order valence-corrected chi connectivity index (χ3v) is 4.57. The first kappa shape index (κ1) is 13.7. The van der Waals surface area contributed by atoms with Crippen molar-refractivity contribution in [1.82, 2.24) is 0 Å². The standard InChI is InChI=1S/C15H22ClNO/c1-11-7-8-15(10-18,9-12(11)2)17-14-5-3-13(16)4-6-14/h3-6,11-12,17-18H,7-10H2,1-2H3. The summed E-state index contributed by atoms with van der Waals surface area (Å²) in [6.07, 6.45) is 3.22. The number of benzene rings is 1. The molecule has 1 aliphatic rings. The fourth-order valence-corrected chi connectivity index (χ4v) is 2.97. The lowest BCUT2D eigenvalue weighted by atomic mass is 9.71. The van der Waals surface area contributed by atoms with E-state index in [0.717, 1.165) is 29.5 Å². The Hall–Kier alpha value is -0.730. The summed E-state index contributed by atoms with van der Waals surface area (Å²) in [6, 6.07) is 7.71. The van der Waals surface area contributed by atoms with E-state index < -0.39 is 0 Å². The van der Waals surface area contributed by atoms with Crippen molar-refractivity contribution in [1.29, 1.82) is 0 Å². The fraction of sp³-hybridized carbons (Fsp3) is 0.600. The molecule has 0 bridgehead atoms. The smallest absolute Gasteiger partial charge is 0.0661 e. The van der Waals surface area contributed by atoms with Crippen LogP contribution in [0.25, 0.3) is 0 Å². The molecule has 0 heterocycles. The number of aliphatic hydroxyl groups excluding tert-OH is 1. The summed E-state index contributed by atoms with van der Waals surface area (Å²) in [5, 5.41) is 14.0. The van der Waals surface area contributed by atoms with E-state index in [4.69, 9.17) is 11.6 Å². The highest BCUT2D eigenvalue weighted by Gasteiger charge is 2.37. The van der Waals surface area contributed by atoms with Crippen LogP contribution in [0.15, 0.2) is 24.3 Å². The molecular weight excluding hydrogens is 246 g/mol. The van der Waals surface area contributed by atoms with Gasteiger partial charge in [-0.3, -0.25) is 0 Å². The second-order valence-electron chi connectivity index (χ2n) is 5.77. The van der Waals surface area contributed by atoms with Crippen LogP contribution in [0.3, 0.4) is 0 Å². The van der Waals surface area contributed by atoms with Gasteiger partial charge in [-0.25, -0.2) is 0 Å². The summed E-state index contributed by atoms with van der Waals surface area (Å²) in [6.45, 7) is 4.76. The van der Waals surface area contributed by atoms with Crippen LogP contribution >= 0.6 is 11.6 Å². The average molecular weight is 268 g/mol. The minimum absolute atomic E-state index is 0.167. The molecule has 2 nitrogen and oxygen atoms in total. The number of hydrogen-bond acceptors (Lipinski definition) is 2. The Labute approximate surface area is 114 Å². The molecule has 0 saturated heterocycles. The van der Waals surface area contributed by atoms with Gasteiger partial charge in [-0.05, 0) is 55.4 Å². The number of halogens is 1. The van der Waals surface area contributed by atoms with Gasteiger partial charge in [-0.15, -0.1) is 0 Å². The van der Waals surface area contributed by atoms with Crippen molar-refractivity contribution in [2.45, 2.75) is 38.6 Å². The van der Waals surface area contributed by atoms with E-state index in [9.17, 15) is 5.11 Å². The second-order valence-corrected chi connectivity index (χ2v) is 6.20.